The first-order valence-corrected chi connectivity index (χ1v) is 7.11. The summed E-state index contributed by atoms with van der Waals surface area (Å²) in [7, 11) is -1.08. The van der Waals surface area contributed by atoms with E-state index in [-0.39, 0.29) is 12.4 Å². The summed E-state index contributed by atoms with van der Waals surface area (Å²) in [6, 6.07) is 7.60. The molecule has 0 spiro atoms. The summed E-state index contributed by atoms with van der Waals surface area (Å²) in [4.78, 5) is 0. The molecule has 0 saturated heterocycles. The van der Waals surface area contributed by atoms with Crippen LogP contribution in [0.15, 0.2) is 24.3 Å². The summed E-state index contributed by atoms with van der Waals surface area (Å²) < 4.78 is 27.2. The van der Waals surface area contributed by atoms with Crippen molar-refractivity contribution in [3.8, 4) is 5.75 Å². The fourth-order valence-corrected chi connectivity index (χ4v) is 1.65. The van der Waals surface area contributed by atoms with Gasteiger partial charge in [0.05, 0.1) is 5.75 Å². The number of nitrogens with one attached hydrogen (secondary N) is 1. The largest absolute Gasteiger partial charge is 0.493 e. The van der Waals surface area contributed by atoms with E-state index in [1.807, 2.05) is 31.3 Å². The van der Waals surface area contributed by atoms with Crippen LogP contribution < -0.4 is 10.1 Å². The van der Waals surface area contributed by atoms with Gasteiger partial charge in [0.2, 0.25) is 0 Å². The number of benzene rings is 1. The van der Waals surface area contributed by atoms with Crippen LogP contribution in [0.2, 0.25) is 0 Å². The lowest BCUT2D eigenvalue weighted by Crippen LogP contribution is -2.12. The molecule has 0 heterocycles. The summed E-state index contributed by atoms with van der Waals surface area (Å²) in [6.07, 6.45) is 1.20. The smallest absolute Gasteiger partial charge is 0.150 e. The average molecular weight is 243 g/mol. The zero-order valence-corrected chi connectivity index (χ0v) is 10.4. The minimum absolute atomic E-state index is 0.0449. The van der Waals surface area contributed by atoms with Crippen molar-refractivity contribution in [2.45, 2.75) is 6.54 Å². The van der Waals surface area contributed by atoms with Gasteiger partial charge in [-0.25, -0.2) is 8.42 Å². The molecule has 0 bridgehead atoms. The van der Waals surface area contributed by atoms with Crippen molar-refractivity contribution in [3.63, 3.8) is 0 Å². The number of sulfone groups is 1. The predicted octanol–water partition coefficient (Wildman–Crippen LogP) is 0.829. The Balaban J connectivity index is 2.51. The van der Waals surface area contributed by atoms with Crippen LogP contribution in [-0.2, 0) is 16.4 Å². The highest BCUT2D eigenvalue weighted by Gasteiger charge is 2.02. The molecule has 4 nitrogen and oxygen atoms in total. The summed E-state index contributed by atoms with van der Waals surface area (Å²) in [6.45, 7) is 0.963. The van der Waals surface area contributed by atoms with Gasteiger partial charge in [-0.05, 0) is 24.7 Å². The second-order valence-electron chi connectivity index (χ2n) is 3.66. The van der Waals surface area contributed by atoms with E-state index in [2.05, 4.69) is 5.32 Å². The molecule has 0 saturated carbocycles. The highest BCUT2D eigenvalue weighted by atomic mass is 32.2. The molecule has 0 radical (unpaired) electrons. The fourth-order valence-electron chi connectivity index (χ4n) is 1.26. The summed E-state index contributed by atoms with van der Waals surface area (Å²) in [5.74, 6) is 0.750. The van der Waals surface area contributed by atoms with Gasteiger partial charge in [-0.2, -0.15) is 0 Å². The van der Waals surface area contributed by atoms with Crippen LogP contribution in [0, 0.1) is 0 Å². The van der Waals surface area contributed by atoms with Crippen molar-refractivity contribution in [2.75, 3.05) is 25.7 Å². The van der Waals surface area contributed by atoms with Crippen LogP contribution in [0.1, 0.15) is 5.56 Å². The average Bonchev–Trinajstić information content (AvgIpc) is 2.17. The lowest BCUT2D eigenvalue weighted by atomic mass is 10.2. The minimum Gasteiger partial charge on any atom is -0.493 e. The van der Waals surface area contributed by atoms with E-state index >= 15 is 0 Å². The maximum absolute atomic E-state index is 10.9. The molecule has 1 aromatic carbocycles. The van der Waals surface area contributed by atoms with Crippen molar-refractivity contribution >= 4 is 9.84 Å². The van der Waals surface area contributed by atoms with E-state index in [0.29, 0.717) is 5.75 Å². The topological polar surface area (TPSA) is 55.4 Å². The third-order valence-electron chi connectivity index (χ3n) is 2.00. The van der Waals surface area contributed by atoms with Crippen LogP contribution in [0.3, 0.4) is 0 Å². The summed E-state index contributed by atoms with van der Waals surface area (Å²) in [5, 5.41) is 3.04. The maximum atomic E-state index is 10.9. The van der Waals surface area contributed by atoms with Crippen molar-refractivity contribution in [2.24, 2.45) is 0 Å². The molecule has 0 aliphatic heterocycles. The highest BCUT2D eigenvalue weighted by molar-refractivity contribution is 7.90. The Morgan fingerprint density at radius 2 is 2.12 bits per heavy atom. The SMILES string of the molecule is CNCc1cccc(OCCS(C)(=O)=O)c1. The van der Waals surface area contributed by atoms with Gasteiger partial charge in [0, 0.05) is 12.8 Å². The Bertz CT molecular complexity index is 429. The number of ether oxygens (including phenoxy) is 1. The number of hydrogen-bond acceptors (Lipinski definition) is 4. The van der Waals surface area contributed by atoms with Gasteiger partial charge in [0.15, 0.2) is 9.84 Å². The molecule has 0 aliphatic rings. The third kappa shape index (κ3) is 5.14. The van der Waals surface area contributed by atoms with Crippen LogP contribution in [-0.4, -0.2) is 34.1 Å². The monoisotopic (exact) mass is 243 g/mol. The van der Waals surface area contributed by atoms with Crippen LogP contribution in [0.4, 0.5) is 0 Å². The second-order valence-corrected chi connectivity index (χ2v) is 5.92. The first-order valence-electron chi connectivity index (χ1n) is 5.05. The molecule has 0 aromatic heterocycles. The molecular formula is C11H17NO3S. The summed E-state index contributed by atoms with van der Waals surface area (Å²) >= 11 is 0. The van der Waals surface area contributed by atoms with E-state index in [9.17, 15) is 8.42 Å². The molecule has 16 heavy (non-hydrogen) atoms. The first-order chi connectivity index (χ1) is 7.51. The quantitative estimate of drug-likeness (QED) is 0.804. The summed E-state index contributed by atoms with van der Waals surface area (Å²) in [5.41, 5.74) is 1.11. The molecule has 1 N–H and O–H groups in total. The van der Waals surface area contributed by atoms with Crippen molar-refractivity contribution in [1.82, 2.24) is 5.32 Å². The van der Waals surface area contributed by atoms with Gasteiger partial charge >= 0.3 is 0 Å². The van der Waals surface area contributed by atoms with Crippen molar-refractivity contribution in [3.05, 3.63) is 29.8 Å². The molecular weight excluding hydrogens is 226 g/mol. The van der Waals surface area contributed by atoms with Gasteiger partial charge in [0.1, 0.15) is 12.4 Å². The zero-order chi connectivity index (χ0) is 12.0. The van der Waals surface area contributed by atoms with E-state index in [0.717, 1.165) is 12.1 Å². The maximum Gasteiger partial charge on any atom is 0.150 e. The zero-order valence-electron chi connectivity index (χ0n) is 9.56. The van der Waals surface area contributed by atoms with E-state index in [4.69, 9.17) is 4.74 Å². The molecule has 0 fully saturated rings. The molecule has 0 unspecified atom stereocenters. The predicted molar refractivity (Wildman–Crippen MR) is 64.4 cm³/mol. The molecule has 0 aliphatic carbocycles. The highest BCUT2D eigenvalue weighted by Crippen LogP contribution is 2.13. The number of hydrogen-bond donors (Lipinski definition) is 1. The normalized spacial score (nSPS) is 11.4. The standard InChI is InChI=1S/C11H17NO3S/c1-12-9-10-4-3-5-11(8-10)15-6-7-16(2,13)14/h3-5,8,12H,6-7,9H2,1-2H3. The number of rotatable bonds is 6. The van der Waals surface area contributed by atoms with Crippen molar-refractivity contribution in [1.29, 1.82) is 0 Å². The molecule has 1 rings (SSSR count). The van der Waals surface area contributed by atoms with Crippen molar-refractivity contribution < 1.29 is 13.2 Å². The minimum atomic E-state index is -2.95. The van der Waals surface area contributed by atoms with Gasteiger partial charge in [0.25, 0.3) is 0 Å². The Morgan fingerprint density at radius 1 is 1.38 bits per heavy atom. The van der Waals surface area contributed by atoms with E-state index in [1.165, 1.54) is 6.26 Å². The molecule has 90 valence electrons. The Labute approximate surface area is 96.5 Å². The Morgan fingerprint density at radius 3 is 2.75 bits per heavy atom. The molecule has 1 aromatic rings. The van der Waals surface area contributed by atoms with Crippen LogP contribution in [0.5, 0.6) is 5.75 Å². The lowest BCUT2D eigenvalue weighted by molar-refractivity contribution is 0.340. The van der Waals surface area contributed by atoms with E-state index in [1.54, 1.807) is 0 Å². The van der Waals surface area contributed by atoms with Gasteiger partial charge in [-0.1, -0.05) is 12.1 Å². The van der Waals surface area contributed by atoms with Crippen LogP contribution >= 0.6 is 0 Å². The molecule has 0 amide bonds. The molecule has 5 heteroatoms. The van der Waals surface area contributed by atoms with Gasteiger partial charge < -0.3 is 10.1 Å². The Kier molecular flexibility index (Phi) is 4.76. The van der Waals surface area contributed by atoms with Gasteiger partial charge in [-0.15, -0.1) is 0 Å². The molecule has 0 atom stereocenters. The Hall–Kier alpha value is -1.07. The second kappa shape index (κ2) is 5.86. The third-order valence-corrected chi connectivity index (χ3v) is 2.91. The van der Waals surface area contributed by atoms with Gasteiger partial charge in [-0.3, -0.25) is 0 Å². The lowest BCUT2D eigenvalue weighted by Gasteiger charge is -2.07. The van der Waals surface area contributed by atoms with E-state index < -0.39 is 9.84 Å². The first kappa shape index (κ1) is 13.0. The fraction of sp³-hybridized carbons (Fsp3) is 0.455. The van der Waals surface area contributed by atoms with Crippen LogP contribution in [0.25, 0.3) is 0 Å².